The molecule has 1 unspecified atom stereocenters. The van der Waals surface area contributed by atoms with Gasteiger partial charge in [0.25, 0.3) is 5.91 Å². The van der Waals surface area contributed by atoms with Gasteiger partial charge in [-0.15, -0.1) is 11.3 Å². The fourth-order valence-corrected chi connectivity index (χ4v) is 2.86. The lowest BCUT2D eigenvalue weighted by atomic mass is 10.1. The second-order valence-corrected chi connectivity index (χ2v) is 6.44. The van der Waals surface area contributed by atoms with Crippen molar-refractivity contribution in [1.82, 2.24) is 5.32 Å². The summed E-state index contributed by atoms with van der Waals surface area (Å²) in [6.45, 7) is 1.72. The van der Waals surface area contributed by atoms with Crippen LogP contribution in [-0.2, 0) is 0 Å². The van der Waals surface area contributed by atoms with E-state index in [4.69, 9.17) is 0 Å². The van der Waals surface area contributed by atoms with Gasteiger partial charge in [-0.1, -0.05) is 6.07 Å². The third kappa shape index (κ3) is 3.39. The molecule has 2 rings (SSSR count). The molecule has 0 aliphatic carbocycles. The van der Waals surface area contributed by atoms with Crippen molar-refractivity contribution in [2.75, 3.05) is 0 Å². The van der Waals surface area contributed by atoms with Gasteiger partial charge in [-0.25, -0.2) is 8.78 Å². The molecule has 0 aliphatic heterocycles. The maximum absolute atomic E-state index is 13.1. The molecule has 0 aliphatic rings. The van der Waals surface area contributed by atoms with Crippen LogP contribution < -0.4 is 5.32 Å². The van der Waals surface area contributed by atoms with Crippen LogP contribution >= 0.6 is 27.3 Å². The number of rotatable bonds is 3. The van der Waals surface area contributed by atoms with Crippen LogP contribution in [0.5, 0.6) is 0 Å². The fourth-order valence-electron chi connectivity index (χ4n) is 1.57. The van der Waals surface area contributed by atoms with E-state index >= 15 is 0 Å². The number of hydrogen-bond donors (Lipinski definition) is 1. The molecule has 1 atom stereocenters. The van der Waals surface area contributed by atoms with Gasteiger partial charge in [0.2, 0.25) is 0 Å². The summed E-state index contributed by atoms with van der Waals surface area (Å²) in [6, 6.07) is 6.67. The van der Waals surface area contributed by atoms with Gasteiger partial charge in [0.1, 0.15) is 0 Å². The Morgan fingerprint density at radius 3 is 2.58 bits per heavy atom. The number of carbonyl (C=O) groups excluding carboxylic acids is 1. The monoisotopic (exact) mass is 345 g/mol. The first kappa shape index (κ1) is 14.1. The van der Waals surface area contributed by atoms with Crippen LogP contribution in [-0.4, -0.2) is 5.91 Å². The van der Waals surface area contributed by atoms with Crippen LogP contribution in [0.1, 0.15) is 28.2 Å². The Kier molecular flexibility index (Phi) is 4.31. The highest BCUT2D eigenvalue weighted by atomic mass is 79.9. The van der Waals surface area contributed by atoms with E-state index in [-0.39, 0.29) is 5.91 Å². The summed E-state index contributed by atoms with van der Waals surface area (Å²) in [4.78, 5) is 12.5. The van der Waals surface area contributed by atoms with Gasteiger partial charge in [-0.05, 0) is 52.7 Å². The summed E-state index contributed by atoms with van der Waals surface area (Å²) >= 11 is 4.59. The van der Waals surface area contributed by atoms with E-state index in [1.165, 1.54) is 17.4 Å². The normalized spacial score (nSPS) is 12.2. The Balaban J connectivity index is 2.10. The van der Waals surface area contributed by atoms with Crippen LogP contribution in [0.3, 0.4) is 0 Å². The summed E-state index contributed by atoms with van der Waals surface area (Å²) in [5.74, 6) is -2.06. The number of nitrogens with one attached hydrogen (secondary N) is 1. The van der Waals surface area contributed by atoms with E-state index in [9.17, 15) is 13.6 Å². The fraction of sp³-hybridized carbons (Fsp3) is 0.154. The standard InChI is InChI=1S/C13H10BrF2NOS/c1-7(8-2-3-9(15)10(16)6-8)17-13(18)11-4-5-12(14)19-11/h2-7H,1H3,(H,17,18). The number of carbonyl (C=O) groups is 1. The van der Waals surface area contributed by atoms with Crippen LogP contribution in [0.15, 0.2) is 34.1 Å². The molecule has 1 heterocycles. The zero-order chi connectivity index (χ0) is 14.0. The van der Waals surface area contributed by atoms with Crippen molar-refractivity contribution in [3.05, 3.63) is 56.2 Å². The molecule has 2 aromatic rings. The summed E-state index contributed by atoms with van der Waals surface area (Å²) in [6.07, 6.45) is 0. The predicted octanol–water partition coefficient (Wildman–Crippen LogP) is 4.28. The lowest BCUT2D eigenvalue weighted by molar-refractivity contribution is 0.0944. The largest absolute Gasteiger partial charge is 0.345 e. The van der Waals surface area contributed by atoms with E-state index in [1.54, 1.807) is 19.1 Å². The minimum atomic E-state index is -0.919. The van der Waals surface area contributed by atoms with Gasteiger partial charge < -0.3 is 5.32 Å². The Labute approximate surface area is 121 Å². The van der Waals surface area contributed by atoms with Crippen molar-refractivity contribution < 1.29 is 13.6 Å². The lowest BCUT2D eigenvalue weighted by Gasteiger charge is -2.13. The second kappa shape index (κ2) is 5.79. The molecule has 0 spiro atoms. The molecule has 0 fully saturated rings. The number of hydrogen-bond acceptors (Lipinski definition) is 2. The zero-order valence-electron chi connectivity index (χ0n) is 9.91. The average Bonchev–Trinajstić information content (AvgIpc) is 2.79. The molecule has 6 heteroatoms. The van der Waals surface area contributed by atoms with Crippen molar-refractivity contribution in [2.24, 2.45) is 0 Å². The number of halogens is 3. The summed E-state index contributed by atoms with van der Waals surface area (Å²) < 4.78 is 26.8. The molecule has 0 saturated heterocycles. The second-order valence-electron chi connectivity index (χ2n) is 3.97. The van der Waals surface area contributed by atoms with Gasteiger partial charge >= 0.3 is 0 Å². The Morgan fingerprint density at radius 2 is 2.00 bits per heavy atom. The minimum absolute atomic E-state index is 0.243. The quantitative estimate of drug-likeness (QED) is 0.883. The van der Waals surface area contributed by atoms with Crippen LogP contribution in [0.2, 0.25) is 0 Å². The maximum atomic E-state index is 13.1. The van der Waals surface area contributed by atoms with Gasteiger partial charge in [-0.2, -0.15) is 0 Å². The molecule has 19 heavy (non-hydrogen) atoms. The lowest BCUT2D eigenvalue weighted by Crippen LogP contribution is -2.25. The van der Waals surface area contributed by atoms with Crippen LogP contribution in [0.4, 0.5) is 8.78 Å². The predicted molar refractivity (Wildman–Crippen MR) is 74.3 cm³/mol. The molecule has 1 aromatic heterocycles. The zero-order valence-corrected chi connectivity index (χ0v) is 12.3. The summed E-state index contributed by atoms with van der Waals surface area (Å²) in [5, 5.41) is 2.73. The van der Waals surface area contributed by atoms with Gasteiger partial charge in [0.05, 0.1) is 14.7 Å². The van der Waals surface area contributed by atoms with Crippen molar-refractivity contribution >= 4 is 33.2 Å². The Morgan fingerprint density at radius 1 is 1.26 bits per heavy atom. The molecule has 0 bridgehead atoms. The highest BCUT2D eigenvalue weighted by Gasteiger charge is 2.14. The highest BCUT2D eigenvalue weighted by Crippen LogP contribution is 2.23. The minimum Gasteiger partial charge on any atom is -0.345 e. The topological polar surface area (TPSA) is 29.1 Å². The number of thiophene rings is 1. The van der Waals surface area contributed by atoms with Crippen LogP contribution in [0.25, 0.3) is 0 Å². The third-order valence-corrected chi connectivity index (χ3v) is 4.21. The van der Waals surface area contributed by atoms with Crippen molar-refractivity contribution in [3.8, 4) is 0 Å². The smallest absolute Gasteiger partial charge is 0.261 e. The SMILES string of the molecule is CC(NC(=O)c1ccc(Br)s1)c1ccc(F)c(F)c1. The van der Waals surface area contributed by atoms with E-state index in [1.807, 2.05) is 0 Å². The molecule has 1 aromatic carbocycles. The van der Waals surface area contributed by atoms with Crippen molar-refractivity contribution in [2.45, 2.75) is 13.0 Å². The Hall–Kier alpha value is -1.27. The van der Waals surface area contributed by atoms with Gasteiger partial charge in [0.15, 0.2) is 11.6 Å². The van der Waals surface area contributed by atoms with E-state index in [0.29, 0.717) is 10.4 Å². The molecule has 100 valence electrons. The molecule has 0 radical (unpaired) electrons. The van der Waals surface area contributed by atoms with Crippen molar-refractivity contribution in [1.29, 1.82) is 0 Å². The summed E-state index contributed by atoms with van der Waals surface area (Å²) in [7, 11) is 0. The summed E-state index contributed by atoms with van der Waals surface area (Å²) in [5.41, 5.74) is 0.517. The molecule has 2 nitrogen and oxygen atoms in total. The van der Waals surface area contributed by atoms with Crippen molar-refractivity contribution in [3.63, 3.8) is 0 Å². The molecular weight excluding hydrogens is 336 g/mol. The molecule has 0 saturated carbocycles. The molecule has 1 N–H and O–H groups in total. The average molecular weight is 346 g/mol. The van der Waals surface area contributed by atoms with E-state index in [2.05, 4.69) is 21.2 Å². The van der Waals surface area contributed by atoms with Gasteiger partial charge in [-0.3, -0.25) is 4.79 Å². The first-order chi connectivity index (χ1) is 8.97. The molecular formula is C13H10BrF2NOS. The van der Waals surface area contributed by atoms with Gasteiger partial charge in [0, 0.05) is 0 Å². The maximum Gasteiger partial charge on any atom is 0.261 e. The Bertz CT molecular complexity index is 614. The first-order valence-corrected chi connectivity index (χ1v) is 7.09. The number of amides is 1. The van der Waals surface area contributed by atoms with Crippen LogP contribution in [0, 0.1) is 11.6 Å². The molecule has 1 amide bonds. The highest BCUT2D eigenvalue weighted by molar-refractivity contribution is 9.11. The third-order valence-electron chi connectivity index (χ3n) is 2.59. The van der Waals surface area contributed by atoms with E-state index < -0.39 is 17.7 Å². The van der Waals surface area contributed by atoms with E-state index in [0.717, 1.165) is 15.9 Å². The number of benzene rings is 1. The first-order valence-electron chi connectivity index (χ1n) is 5.48.